The first kappa shape index (κ1) is 14.4. The number of carbonyl (C=O) groups excluding carboxylic acids is 2. The predicted octanol–water partition coefficient (Wildman–Crippen LogP) is 1.90. The van der Waals surface area contributed by atoms with Crippen molar-refractivity contribution < 1.29 is 14.0 Å². The van der Waals surface area contributed by atoms with Crippen LogP contribution in [0.3, 0.4) is 0 Å². The van der Waals surface area contributed by atoms with Crippen LogP contribution < -0.4 is 10.6 Å². The minimum absolute atomic E-state index is 0.0592. The van der Waals surface area contributed by atoms with Crippen LogP contribution >= 0.6 is 11.6 Å². The van der Waals surface area contributed by atoms with Gasteiger partial charge in [0.05, 0.1) is 5.69 Å². The van der Waals surface area contributed by atoms with Crippen LogP contribution in [0.4, 0.5) is 10.1 Å². The first-order chi connectivity index (χ1) is 8.50. The molecule has 0 bridgehead atoms. The monoisotopic (exact) mass is 272 g/mol. The molecule has 4 nitrogen and oxygen atoms in total. The van der Waals surface area contributed by atoms with Gasteiger partial charge in [-0.1, -0.05) is 12.1 Å². The van der Waals surface area contributed by atoms with E-state index in [1.54, 1.807) is 6.07 Å². The zero-order valence-corrected chi connectivity index (χ0v) is 10.6. The fraction of sp³-hybridized carbons (Fsp3) is 0.333. The molecule has 2 N–H and O–H groups in total. The summed E-state index contributed by atoms with van der Waals surface area (Å²) in [7, 11) is 0. The molecule has 0 unspecified atom stereocenters. The minimum Gasteiger partial charge on any atom is -0.354 e. The molecule has 0 heterocycles. The lowest BCUT2D eigenvalue weighted by atomic mass is 10.3. The van der Waals surface area contributed by atoms with Crippen LogP contribution in [-0.4, -0.2) is 23.7 Å². The highest BCUT2D eigenvalue weighted by Gasteiger charge is 2.10. The second kappa shape index (κ2) is 6.96. The van der Waals surface area contributed by atoms with E-state index in [1.165, 1.54) is 25.1 Å². The Morgan fingerprint density at radius 3 is 2.67 bits per heavy atom. The van der Waals surface area contributed by atoms with Crippen LogP contribution in [0.1, 0.15) is 13.3 Å². The van der Waals surface area contributed by atoms with Gasteiger partial charge in [-0.15, -0.1) is 11.6 Å². The van der Waals surface area contributed by atoms with E-state index in [4.69, 9.17) is 11.6 Å². The van der Waals surface area contributed by atoms with Crippen molar-refractivity contribution in [3.63, 3.8) is 0 Å². The van der Waals surface area contributed by atoms with Crippen molar-refractivity contribution in [2.24, 2.45) is 0 Å². The van der Waals surface area contributed by atoms with E-state index < -0.39 is 11.2 Å². The highest BCUT2D eigenvalue weighted by Crippen LogP contribution is 2.12. The highest BCUT2D eigenvalue weighted by atomic mass is 35.5. The first-order valence-electron chi connectivity index (χ1n) is 5.47. The van der Waals surface area contributed by atoms with Gasteiger partial charge in [-0.25, -0.2) is 4.39 Å². The van der Waals surface area contributed by atoms with Crippen LogP contribution in [0.2, 0.25) is 0 Å². The lowest BCUT2D eigenvalue weighted by Gasteiger charge is -2.08. The quantitative estimate of drug-likeness (QED) is 0.805. The molecule has 0 fully saturated rings. The molecule has 1 aromatic carbocycles. The third-order valence-corrected chi connectivity index (χ3v) is 2.36. The van der Waals surface area contributed by atoms with Crippen LogP contribution in [-0.2, 0) is 9.59 Å². The fourth-order valence-electron chi connectivity index (χ4n) is 1.22. The Balaban J connectivity index is 2.35. The van der Waals surface area contributed by atoms with Gasteiger partial charge in [0.15, 0.2) is 0 Å². The third-order valence-electron chi connectivity index (χ3n) is 2.16. The summed E-state index contributed by atoms with van der Waals surface area (Å²) in [5.41, 5.74) is 0.125. The van der Waals surface area contributed by atoms with Crippen molar-refractivity contribution >= 4 is 29.1 Å². The SMILES string of the molecule is C[C@H](Cl)C(=O)NCCC(=O)Nc1ccccc1F. The molecule has 1 aromatic rings. The van der Waals surface area contributed by atoms with Crippen molar-refractivity contribution in [1.82, 2.24) is 5.32 Å². The number of nitrogens with one attached hydrogen (secondary N) is 2. The van der Waals surface area contributed by atoms with E-state index in [1.807, 2.05) is 0 Å². The molecule has 0 spiro atoms. The summed E-state index contributed by atoms with van der Waals surface area (Å²) >= 11 is 5.53. The summed E-state index contributed by atoms with van der Waals surface area (Å²) in [6.45, 7) is 1.70. The van der Waals surface area contributed by atoms with E-state index in [0.717, 1.165) is 0 Å². The number of rotatable bonds is 5. The number of halogens is 2. The van der Waals surface area contributed by atoms with Gasteiger partial charge in [0.1, 0.15) is 11.2 Å². The van der Waals surface area contributed by atoms with Gasteiger partial charge in [-0.05, 0) is 19.1 Å². The molecule has 2 amide bonds. The first-order valence-corrected chi connectivity index (χ1v) is 5.90. The number of para-hydroxylation sites is 1. The molecular formula is C12H14ClFN2O2. The number of benzene rings is 1. The highest BCUT2D eigenvalue weighted by molar-refractivity contribution is 6.30. The Hall–Kier alpha value is -1.62. The summed E-state index contributed by atoms with van der Waals surface area (Å²) in [5, 5.41) is 4.26. The predicted molar refractivity (Wildman–Crippen MR) is 68.0 cm³/mol. The van der Waals surface area contributed by atoms with Gasteiger partial charge in [-0.3, -0.25) is 9.59 Å². The molecule has 0 aliphatic heterocycles. The zero-order valence-electron chi connectivity index (χ0n) is 9.87. The Labute approximate surface area is 110 Å². The number of anilines is 1. The molecule has 6 heteroatoms. The van der Waals surface area contributed by atoms with E-state index in [9.17, 15) is 14.0 Å². The fourth-order valence-corrected chi connectivity index (χ4v) is 1.29. The van der Waals surface area contributed by atoms with Crippen LogP contribution in [0.25, 0.3) is 0 Å². The van der Waals surface area contributed by atoms with Crippen LogP contribution in [0, 0.1) is 5.82 Å². The van der Waals surface area contributed by atoms with Gasteiger partial charge in [0.2, 0.25) is 11.8 Å². The lowest BCUT2D eigenvalue weighted by Crippen LogP contribution is -2.32. The lowest BCUT2D eigenvalue weighted by molar-refractivity contribution is -0.120. The summed E-state index contributed by atoms with van der Waals surface area (Å²) in [6, 6.07) is 5.88. The zero-order chi connectivity index (χ0) is 13.5. The van der Waals surface area contributed by atoms with Crippen LogP contribution in [0.5, 0.6) is 0 Å². The molecule has 0 radical (unpaired) electrons. The normalized spacial score (nSPS) is 11.7. The molecular weight excluding hydrogens is 259 g/mol. The molecule has 18 heavy (non-hydrogen) atoms. The summed E-state index contributed by atoms with van der Waals surface area (Å²) in [5.74, 6) is -1.21. The van der Waals surface area contributed by atoms with Crippen molar-refractivity contribution in [3.8, 4) is 0 Å². The van der Waals surface area contributed by atoms with Crippen molar-refractivity contribution in [3.05, 3.63) is 30.1 Å². The van der Waals surface area contributed by atoms with E-state index in [2.05, 4.69) is 10.6 Å². The van der Waals surface area contributed by atoms with Crippen LogP contribution in [0.15, 0.2) is 24.3 Å². The molecule has 1 atom stereocenters. The largest absolute Gasteiger partial charge is 0.354 e. The van der Waals surface area contributed by atoms with E-state index in [-0.39, 0.29) is 30.5 Å². The maximum atomic E-state index is 13.2. The van der Waals surface area contributed by atoms with Gasteiger partial charge in [0, 0.05) is 13.0 Å². The van der Waals surface area contributed by atoms with Gasteiger partial charge in [-0.2, -0.15) is 0 Å². The molecule has 0 saturated heterocycles. The Bertz CT molecular complexity index is 438. The third kappa shape index (κ3) is 4.71. The number of hydrogen-bond donors (Lipinski definition) is 2. The molecule has 0 saturated carbocycles. The topological polar surface area (TPSA) is 58.2 Å². The maximum absolute atomic E-state index is 13.2. The molecule has 1 rings (SSSR count). The minimum atomic E-state index is -0.639. The van der Waals surface area contributed by atoms with E-state index in [0.29, 0.717) is 0 Å². The number of carbonyl (C=O) groups is 2. The molecule has 0 aromatic heterocycles. The Morgan fingerprint density at radius 2 is 2.06 bits per heavy atom. The number of hydrogen-bond acceptors (Lipinski definition) is 2. The number of alkyl halides is 1. The second-order valence-electron chi connectivity index (χ2n) is 3.69. The molecule has 0 aliphatic carbocycles. The smallest absolute Gasteiger partial charge is 0.237 e. The Morgan fingerprint density at radius 1 is 1.39 bits per heavy atom. The Kier molecular flexibility index (Phi) is 5.58. The maximum Gasteiger partial charge on any atom is 0.237 e. The average Bonchev–Trinajstić information content (AvgIpc) is 2.32. The van der Waals surface area contributed by atoms with Crippen molar-refractivity contribution in [2.75, 3.05) is 11.9 Å². The van der Waals surface area contributed by atoms with Gasteiger partial charge in [0.25, 0.3) is 0 Å². The second-order valence-corrected chi connectivity index (χ2v) is 4.34. The molecule has 0 aliphatic rings. The van der Waals surface area contributed by atoms with Gasteiger partial charge < -0.3 is 10.6 Å². The summed E-state index contributed by atoms with van der Waals surface area (Å²) < 4.78 is 13.2. The van der Waals surface area contributed by atoms with Crippen molar-refractivity contribution in [2.45, 2.75) is 18.7 Å². The van der Waals surface area contributed by atoms with E-state index >= 15 is 0 Å². The van der Waals surface area contributed by atoms with Gasteiger partial charge >= 0.3 is 0 Å². The van der Waals surface area contributed by atoms with Crippen molar-refractivity contribution in [1.29, 1.82) is 0 Å². The average molecular weight is 273 g/mol. The number of amides is 2. The molecule has 98 valence electrons. The summed E-state index contributed by atoms with van der Waals surface area (Å²) in [6.07, 6.45) is 0.0592. The standard InChI is InChI=1S/C12H14ClFN2O2/c1-8(13)12(18)15-7-6-11(17)16-10-5-3-2-4-9(10)14/h2-5,8H,6-7H2,1H3,(H,15,18)(H,16,17)/t8-/m0/s1. The summed E-state index contributed by atoms with van der Waals surface area (Å²) in [4.78, 5) is 22.6.